The summed E-state index contributed by atoms with van der Waals surface area (Å²) in [6.07, 6.45) is 0. The molecule has 6 heteroatoms. The lowest BCUT2D eigenvalue weighted by Crippen LogP contribution is -2.14. The van der Waals surface area contributed by atoms with Gasteiger partial charge in [-0.15, -0.1) is 11.6 Å². The van der Waals surface area contributed by atoms with Crippen molar-refractivity contribution in [2.24, 2.45) is 0 Å². The molecular weight excluding hydrogens is 338 g/mol. The molecule has 0 fully saturated rings. The number of hydrogen-bond donors (Lipinski definition) is 0. The van der Waals surface area contributed by atoms with Crippen molar-refractivity contribution in [3.05, 3.63) is 44.7 Å². The number of nitrogens with zero attached hydrogens (tertiary/aromatic N) is 2. The van der Waals surface area contributed by atoms with E-state index >= 15 is 0 Å². The molecule has 2 rings (SSSR count). The summed E-state index contributed by atoms with van der Waals surface area (Å²) < 4.78 is 1.64. The van der Waals surface area contributed by atoms with Gasteiger partial charge in [0, 0.05) is 11.0 Å². The monoisotopic (exact) mass is 350 g/mol. The molecule has 0 saturated heterocycles. The van der Waals surface area contributed by atoms with E-state index in [0.717, 1.165) is 16.9 Å². The molecule has 1 aromatic carbocycles. The van der Waals surface area contributed by atoms with Crippen LogP contribution in [0.4, 0.5) is 0 Å². The van der Waals surface area contributed by atoms with Crippen LogP contribution in [-0.2, 0) is 11.3 Å². The Labute approximate surface area is 138 Å². The summed E-state index contributed by atoms with van der Waals surface area (Å²) in [4.78, 5) is 0. The first-order valence-electron chi connectivity index (χ1n) is 6.05. The van der Waals surface area contributed by atoms with E-state index in [0.29, 0.717) is 21.1 Å². The number of benzene rings is 1. The highest BCUT2D eigenvalue weighted by Gasteiger charge is 2.26. The van der Waals surface area contributed by atoms with Gasteiger partial charge in [0.15, 0.2) is 0 Å². The smallest absolute Gasteiger partial charge is 0.137 e. The number of rotatable bonds is 2. The van der Waals surface area contributed by atoms with Crippen LogP contribution in [0.15, 0.2) is 18.2 Å². The minimum absolute atomic E-state index is 0.144. The fraction of sp³-hybridized carbons (Fsp3) is 0.357. The molecule has 1 heterocycles. The van der Waals surface area contributed by atoms with Crippen LogP contribution >= 0.6 is 46.4 Å². The predicted molar refractivity (Wildman–Crippen MR) is 86.9 cm³/mol. The van der Waals surface area contributed by atoms with Gasteiger partial charge in [-0.25, -0.2) is 4.68 Å². The molecule has 20 heavy (non-hydrogen) atoms. The Morgan fingerprint density at radius 2 is 1.75 bits per heavy atom. The molecule has 0 atom stereocenters. The van der Waals surface area contributed by atoms with Crippen molar-refractivity contribution in [2.75, 3.05) is 0 Å². The second kappa shape index (κ2) is 5.76. The highest BCUT2D eigenvalue weighted by molar-refractivity contribution is 6.42. The molecule has 2 nitrogen and oxygen atoms in total. The molecule has 0 bridgehead atoms. The van der Waals surface area contributed by atoms with Crippen LogP contribution in [0.2, 0.25) is 15.2 Å². The molecule has 0 saturated carbocycles. The summed E-state index contributed by atoms with van der Waals surface area (Å²) in [6.45, 7) is 6.21. The Hall–Kier alpha value is -0.410. The first kappa shape index (κ1) is 16.0. The zero-order chi connectivity index (χ0) is 15.1. The normalized spacial score (nSPS) is 11.9. The molecule has 0 aliphatic carbocycles. The summed E-state index contributed by atoms with van der Waals surface area (Å²) in [7, 11) is 0. The van der Waals surface area contributed by atoms with Crippen LogP contribution < -0.4 is 0 Å². The summed E-state index contributed by atoms with van der Waals surface area (Å²) in [5.74, 6) is 0.312. The largest absolute Gasteiger partial charge is 0.222 e. The molecule has 0 aliphatic rings. The Morgan fingerprint density at radius 1 is 1.10 bits per heavy atom. The molecule has 0 amide bonds. The van der Waals surface area contributed by atoms with Gasteiger partial charge >= 0.3 is 0 Å². The van der Waals surface area contributed by atoms with Gasteiger partial charge in [-0.3, -0.25) is 0 Å². The Kier molecular flexibility index (Phi) is 4.60. The predicted octanol–water partition coefficient (Wildman–Crippen LogP) is 5.87. The second-order valence-electron chi connectivity index (χ2n) is 5.51. The summed E-state index contributed by atoms with van der Waals surface area (Å²) in [5.41, 5.74) is 2.33. The van der Waals surface area contributed by atoms with Crippen molar-refractivity contribution in [3.8, 4) is 5.69 Å². The zero-order valence-corrected chi connectivity index (χ0v) is 14.4. The van der Waals surface area contributed by atoms with Gasteiger partial charge in [-0.05, 0) is 18.2 Å². The lowest BCUT2D eigenvalue weighted by Gasteiger charge is -2.16. The number of aromatic nitrogens is 2. The van der Waals surface area contributed by atoms with E-state index in [1.54, 1.807) is 16.8 Å². The van der Waals surface area contributed by atoms with Crippen molar-refractivity contribution in [1.82, 2.24) is 9.78 Å². The minimum Gasteiger partial charge on any atom is -0.222 e. The maximum Gasteiger partial charge on any atom is 0.137 e. The Bertz CT molecular complexity index is 641. The molecule has 1 aromatic heterocycles. The van der Waals surface area contributed by atoms with Gasteiger partial charge in [-0.1, -0.05) is 55.6 Å². The van der Waals surface area contributed by atoms with Gasteiger partial charge in [0.25, 0.3) is 0 Å². The maximum absolute atomic E-state index is 6.40. The lowest BCUT2D eigenvalue weighted by atomic mass is 9.90. The van der Waals surface area contributed by atoms with Crippen molar-refractivity contribution < 1.29 is 0 Å². The second-order valence-corrected chi connectivity index (χ2v) is 6.95. The van der Waals surface area contributed by atoms with E-state index in [2.05, 4.69) is 25.9 Å². The topological polar surface area (TPSA) is 17.8 Å². The molecule has 0 radical (unpaired) electrons. The third-order valence-electron chi connectivity index (χ3n) is 2.91. The standard InChI is InChI=1S/C14H14Cl4N2/c1-14(2,3)12-9(7-15)13(18)20(19-12)8-4-5-10(16)11(17)6-8/h4-6H,7H2,1-3H3. The van der Waals surface area contributed by atoms with E-state index in [1.165, 1.54) is 0 Å². The van der Waals surface area contributed by atoms with Crippen molar-refractivity contribution in [3.63, 3.8) is 0 Å². The first-order chi connectivity index (χ1) is 9.25. The van der Waals surface area contributed by atoms with E-state index in [4.69, 9.17) is 46.4 Å². The average molecular weight is 352 g/mol. The van der Waals surface area contributed by atoms with E-state index in [1.807, 2.05) is 6.07 Å². The van der Waals surface area contributed by atoms with Crippen LogP contribution in [0, 0.1) is 0 Å². The summed E-state index contributed by atoms with van der Waals surface area (Å²) in [5, 5.41) is 6.05. The molecule has 0 spiro atoms. The van der Waals surface area contributed by atoms with Crippen LogP contribution in [0.5, 0.6) is 0 Å². The van der Waals surface area contributed by atoms with E-state index < -0.39 is 0 Å². The third kappa shape index (κ3) is 2.94. The highest BCUT2D eigenvalue weighted by Crippen LogP contribution is 2.34. The fourth-order valence-corrected chi connectivity index (χ4v) is 2.84. The molecular formula is C14H14Cl4N2. The van der Waals surface area contributed by atoms with Crippen LogP contribution in [0.1, 0.15) is 32.0 Å². The van der Waals surface area contributed by atoms with E-state index in [-0.39, 0.29) is 5.41 Å². The molecule has 2 aromatic rings. The Morgan fingerprint density at radius 3 is 2.20 bits per heavy atom. The summed E-state index contributed by atoms with van der Waals surface area (Å²) in [6, 6.07) is 5.26. The quantitative estimate of drug-likeness (QED) is 0.618. The van der Waals surface area contributed by atoms with Gasteiger partial charge < -0.3 is 0 Å². The molecule has 0 unspecified atom stereocenters. The number of alkyl halides is 1. The van der Waals surface area contributed by atoms with Crippen molar-refractivity contribution in [2.45, 2.75) is 32.1 Å². The summed E-state index contributed by atoms with van der Waals surface area (Å²) >= 11 is 24.4. The third-order valence-corrected chi connectivity index (χ3v) is 4.31. The Balaban J connectivity index is 2.63. The van der Waals surface area contributed by atoms with Crippen LogP contribution in [0.25, 0.3) is 5.69 Å². The molecule has 0 N–H and O–H groups in total. The average Bonchev–Trinajstić information content (AvgIpc) is 2.69. The number of hydrogen-bond acceptors (Lipinski definition) is 1. The van der Waals surface area contributed by atoms with Gasteiger partial charge in [-0.2, -0.15) is 5.10 Å². The van der Waals surface area contributed by atoms with Crippen molar-refractivity contribution in [1.29, 1.82) is 0 Å². The zero-order valence-electron chi connectivity index (χ0n) is 11.3. The molecule has 108 valence electrons. The van der Waals surface area contributed by atoms with Gasteiger partial charge in [0.1, 0.15) is 5.15 Å². The first-order valence-corrected chi connectivity index (χ1v) is 7.72. The van der Waals surface area contributed by atoms with Crippen LogP contribution in [-0.4, -0.2) is 9.78 Å². The van der Waals surface area contributed by atoms with Crippen molar-refractivity contribution >= 4 is 46.4 Å². The van der Waals surface area contributed by atoms with Gasteiger partial charge in [0.2, 0.25) is 0 Å². The number of halogens is 4. The lowest BCUT2D eigenvalue weighted by molar-refractivity contribution is 0.556. The maximum atomic E-state index is 6.40. The minimum atomic E-state index is -0.144. The molecule has 0 aliphatic heterocycles. The highest BCUT2D eigenvalue weighted by atomic mass is 35.5. The SMILES string of the molecule is CC(C)(C)c1nn(-c2ccc(Cl)c(Cl)c2)c(Cl)c1CCl. The van der Waals surface area contributed by atoms with E-state index in [9.17, 15) is 0 Å². The van der Waals surface area contributed by atoms with Gasteiger partial charge in [0.05, 0.1) is 27.3 Å². The fourth-order valence-electron chi connectivity index (χ4n) is 1.94. The van der Waals surface area contributed by atoms with Crippen LogP contribution in [0.3, 0.4) is 0 Å².